The van der Waals surface area contributed by atoms with Gasteiger partial charge in [0.1, 0.15) is 0 Å². The largest absolute Gasteiger partial charge is 0.0654 e. The topological polar surface area (TPSA) is 0 Å². The second-order valence-corrected chi connectivity index (χ2v) is 5.12. The van der Waals surface area contributed by atoms with Crippen molar-refractivity contribution in [3.63, 3.8) is 0 Å². The summed E-state index contributed by atoms with van der Waals surface area (Å²) in [6.07, 6.45) is 11.5. The Morgan fingerprint density at radius 1 is 0.714 bits per heavy atom. The van der Waals surface area contributed by atoms with Gasteiger partial charge in [0.15, 0.2) is 0 Å². The summed E-state index contributed by atoms with van der Waals surface area (Å²) < 4.78 is 0. The van der Waals surface area contributed by atoms with Crippen molar-refractivity contribution in [2.45, 2.75) is 79.1 Å². The maximum Gasteiger partial charge on any atom is -0.0414 e. The van der Waals surface area contributed by atoms with E-state index >= 15 is 0 Å². The summed E-state index contributed by atoms with van der Waals surface area (Å²) in [6.45, 7) is 9.29. The predicted octanol–water partition coefficient (Wildman–Crippen LogP) is 5.42. The molecule has 0 aromatic heterocycles. The molecular weight excluding hydrogens is 168 g/mol. The SMILES string of the molecule is CCCCC(CCC)CCCC(C)C. The van der Waals surface area contributed by atoms with Crippen LogP contribution in [0.4, 0.5) is 0 Å². The van der Waals surface area contributed by atoms with Crippen molar-refractivity contribution in [1.82, 2.24) is 0 Å². The third kappa shape index (κ3) is 8.59. The lowest BCUT2D eigenvalue weighted by Crippen LogP contribution is -2.01. The molecule has 0 aromatic carbocycles. The second-order valence-electron chi connectivity index (χ2n) is 5.12. The predicted molar refractivity (Wildman–Crippen MR) is 66.6 cm³/mol. The molecule has 1 atom stereocenters. The zero-order valence-electron chi connectivity index (χ0n) is 10.8. The Hall–Kier alpha value is 0. The highest BCUT2D eigenvalue weighted by atomic mass is 14.1. The summed E-state index contributed by atoms with van der Waals surface area (Å²) in [6, 6.07) is 0. The van der Waals surface area contributed by atoms with Gasteiger partial charge in [-0.05, 0) is 11.8 Å². The van der Waals surface area contributed by atoms with Crippen molar-refractivity contribution in [2.24, 2.45) is 11.8 Å². The lowest BCUT2D eigenvalue weighted by Gasteiger charge is -2.16. The van der Waals surface area contributed by atoms with Gasteiger partial charge in [-0.15, -0.1) is 0 Å². The Labute approximate surface area is 91.5 Å². The molecule has 0 rings (SSSR count). The van der Waals surface area contributed by atoms with Crippen LogP contribution in [0, 0.1) is 11.8 Å². The molecule has 0 aliphatic carbocycles. The molecule has 0 aromatic rings. The molecule has 0 saturated carbocycles. The van der Waals surface area contributed by atoms with Crippen molar-refractivity contribution in [2.75, 3.05) is 0 Å². The van der Waals surface area contributed by atoms with E-state index in [0.717, 1.165) is 11.8 Å². The van der Waals surface area contributed by atoms with Gasteiger partial charge in [-0.2, -0.15) is 0 Å². The molecule has 0 bridgehead atoms. The van der Waals surface area contributed by atoms with Crippen LogP contribution in [0.2, 0.25) is 0 Å². The Morgan fingerprint density at radius 2 is 1.36 bits per heavy atom. The number of hydrogen-bond acceptors (Lipinski definition) is 0. The summed E-state index contributed by atoms with van der Waals surface area (Å²) in [7, 11) is 0. The fraction of sp³-hybridized carbons (Fsp3) is 1.00. The van der Waals surface area contributed by atoms with Crippen molar-refractivity contribution in [3.8, 4) is 0 Å². The summed E-state index contributed by atoms with van der Waals surface area (Å²) in [5.74, 6) is 1.92. The van der Waals surface area contributed by atoms with Crippen LogP contribution in [0.5, 0.6) is 0 Å². The van der Waals surface area contributed by atoms with Crippen LogP contribution in [0.3, 0.4) is 0 Å². The minimum Gasteiger partial charge on any atom is -0.0654 e. The van der Waals surface area contributed by atoms with Crippen LogP contribution in [-0.2, 0) is 0 Å². The molecule has 0 amide bonds. The maximum absolute atomic E-state index is 2.33. The highest BCUT2D eigenvalue weighted by Gasteiger charge is 2.07. The highest BCUT2D eigenvalue weighted by Crippen LogP contribution is 2.22. The van der Waals surface area contributed by atoms with Crippen molar-refractivity contribution in [3.05, 3.63) is 0 Å². The number of unbranched alkanes of at least 4 members (excludes halogenated alkanes) is 1. The summed E-state index contributed by atoms with van der Waals surface area (Å²) >= 11 is 0. The van der Waals surface area contributed by atoms with Gasteiger partial charge in [-0.1, -0.05) is 79.1 Å². The lowest BCUT2D eigenvalue weighted by molar-refractivity contribution is 0.374. The molecule has 0 radical (unpaired) electrons. The quantitative estimate of drug-likeness (QED) is 0.464. The minimum atomic E-state index is 0.892. The standard InChI is InChI=1S/C14H30/c1-5-7-11-14(9-6-2)12-8-10-13(3)4/h13-14H,5-12H2,1-4H3. The normalized spacial score (nSPS) is 13.5. The molecule has 0 N–H and O–H groups in total. The smallest absolute Gasteiger partial charge is 0.0414 e. The van der Waals surface area contributed by atoms with E-state index in [1.165, 1.54) is 51.4 Å². The Bertz CT molecular complexity index is 105. The third-order valence-electron chi connectivity index (χ3n) is 3.06. The fourth-order valence-corrected chi connectivity index (χ4v) is 2.15. The molecule has 0 heteroatoms. The average Bonchev–Trinajstić information content (AvgIpc) is 2.13. The van der Waals surface area contributed by atoms with E-state index in [4.69, 9.17) is 0 Å². The van der Waals surface area contributed by atoms with Gasteiger partial charge < -0.3 is 0 Å². The fourth-order valence-electron chi connectivity index (χ4n) is 2.15. The van der Waals surface area contributed by atoms with Crippen LogP contribution >= 0.6 is 0 Å². The monoisotopic (exact) mass is 198 g/mol. The van der Waals surface area contributed by atoms with Crippen LogP contribution in [0.1, 0.15) is 79.1 Å². The molecule has 0 heterocycles. The third-order valence-corrected chi connectivity index (χ3v) is 3.06. The van der Waals surface area contributed by atoms with E-state index < -0.39 is 0 Å². The molecule has 86 valence electrons. The molecule has 0 fully saturated rings. The average molecular weight is 198 g/mol. The Balaban J connectivity index is 3.50. The lowest BCUT2D eigenvalue weighted by atomic mass is 9.90. The first-order chi connectivity index (χ1) is 6.70. The molecule has 0 spiro atoms. The highest BCUT2D eigenvalue weighted by molar-refractivity contribution is 4.60. The second kappa shape index (κ2) is 9.55. The molecule has 0 aliphatic heterocycles. The first-order valence-corrected chi connectivity index (χ1v) is 6.70. The molecule has 0 saturated heterocycles. The van der Waals surface area contributed by atoms with Crippen LogP contribution in [-0.4, -0.2) is 0 Å². The maximum atomic E-state index is 2.33. The Morgan fingerprint density at radius 3 is 1.86 bits per heavy atom. The van der Waals surface area contributed by atoms with Gasteiger partial charge in [0.25, 0.3) is 0 Å². The molecule has 14 heavy (non-hydrogen) atoms. The van der Waals surface area contributed by atoms with Crippen molar-refractivity contribution in [1.29, 1.82) is 0 Å². The van der Waals surface area contributed by atoms with E-state index in [1.807, 2.05) is 0 Å². The summed E-state index contributed by atoms with van der Waals surface area (Å²) in [4.78, 5) is 0. The Kier molecular flexibility index (Phi) is 9.55. The van der Waals surface area contributed by atoms with Crippen LogP contribution < -0.4 is 0 Å². The first kappa shape index (κ1) is 14.0. The van der Waals surface area contributed by atoms with Crippen molar-refractivity contribution >= 4 is 0 Å². The molecule has 0 aliphatic rings. The van der Waals surface area contributed by atoms with Crippen LogP contribution in [0.25, 0.3) is 0 Å². The number of hydrogen-bond donors (Lipinski definition) is 0. The molecule has 0 nitrogen and oxygen atoms in total. The zero-order valence-corrected chi connectivity index (χ0v) is 10.8. The van der Waals surface area contributed by atoms with E-state index in [9.17, 15) is 0 Å². The summed E-state index contributed by atoms with van der Waals surface area (Å²) in [5, 5.41) is 0. The minimum absolute atomic E-state index is 0.892. The first-order valence-electron chi connectivity index (χ1n) is 6.70. The van der Waals surface area contributed by atoms with E-state index in [0.29, 0.717) is 0 Å². The van der Waals surface area contributed by atoms with E-state index in [-0.39, 0.29) is 0 Å². The van der Waals surface area contributed by atoms with Gasteiger partial charge in [0, 0.05) is 0 Å². The van der Waals surface area contributed by atoms with Gasteiger partial charge in [-0.3, -0.25) is 0 Å². The number of rotatable bonds is 9. The summed E-state index contributed by atoms with van der Waals surface area (Å²) in [5.41, 5.74) is 0. The van der Waals surface area contributed by atoms with E-state index in [2.05, 4.69) is 27.7 Å². The van der Waals surface area contributed by atoms with Crippen molar-refractivity contribution < 1.29 is 0 Å². The zero-order chi connectivity index (χ0) is 10.8. The molecular formula is C14H30. The van der Waals surface area contributed by atoms with Gasteiger partial charge in [0.05, 0.1) is 0 Å². The van der Waals surface area contributed by atoms with E-state index in [1.54, 1.807) is 0 Å². The van der Waals surface area contributed by atoms with Gasteiger partial charge in [-0.25, -0.2) is 0 Å². The van der Waals surface area contributed by atoms with Crippen LogP contribution in [0.15, 0.2) is 0 Å². The van der Waals surface area contributed by atoms with Gasteiger partial charge in [0.2, 0.25) is 0 Å². The van der Waals surface area contributed by atoms with Gasteiger partial charge >= 0.3 is 0 Å². The molecule has 1 unspecified atom stereocenters.